The summed E-state index contributed by atoms with van der Waals surface area (Å²) in [6.07, 6.45) is 7.07. The lowest BCUT2D eigenvalue weighted by Gasteiger charge is -2.29. The summed E-state index contributed by atoms with van der Waals surface area (Å²) in [6, 6.07) is 19.6. The number of hydrogen-bond acceptors (Lipinski definition) is 2. The minimum absolute atomic E-state index is 0.300. The average Bonchev–Trinajstić information content (AvgIpc) is 2.66. The number of ether oxygens (including phenoxy) is 1. The third-order valence-corrected chi connectivity index (χ3v) is 4.90. The van der Waals surface area contributed by atoms with Crippen molar-refractivity contribution in [3.05, 3.63) is 71.3 Å². The van der Waals surface area contributed by atoms with Crippen molar-refractivity contribution in [1.29, 1.82) is 0 Å². The standard InChI is InChI=1S/C23H29NO/c1-3-4-10-22-17-21(16-13-19-8-6-5-7-9-19)24-23(25-22)20-14-11-18(2)12-15-20/h5-9,11-12,14-15,21-22H,3-4,10,13,16-17H2,1-2H3/t21-,22-/m1/s1. The van der Waals surface area contributed by atoms with Gasteiger partial charge in [-0.3, -0.25) is 0 Å². The Hall–Kier alpha value is -2.09. The lowest BCUT2D eigenvalue weighted by molar-refractivity contribution is 0.137. The van der Waals surface area contributed by atoms with E-state index in [0.717, 1.165) is 37.1 Å². The first-order valence-corrected chi connectivity index (χ1v) is 9.60. The van der Waals surface area contributed by atoms with Crippen molar-refractivity contribution in [2.75, 3.05) is 0 Å². The topological polar surface area (TPSA) is 21.6 Å². The molecule has 0 aromatic heterocycles. The van der Waals surface area contributed by atoms with Crippen LogP contribution in [0.3, 0.4) is 0 Å². The number of nitrogens with zero attached hydrogens (tertiary/aromatic N) is 1. The van der Waals surface area contributed by atoms with Crippen LogP contribution >= 0.6 is 0 Å². The number of unbranched alkanes of at least 4 members (excludes halogenated alkanes) is 1. The van der Waals surface area contributed by atoms with E-state index in [0.29, 0.717) is 12.1 Å². The summed E-state index contributed by atoms with van der Waals surface area (Å²) < 4.78 is 6.25. The lowest BCUT2D eigenvalue weighted by Crippen LogP contribution is -2.30. The Kier molecular flexibility index (Phi) is 6.27. The van der Waals surface area contributed by atoms with Crippen LogP contribution in [0.5, 0.6) is 0 Å². The third kappa shape index (κ3) is 5.19. The van der Waals surface area contributed by atoms with Gasteiger partial charge in [0.1, 0.15) is 6.10 Å². The predicted octanol–water partition coefficient (Wildman–Crippen LogP) is 5.72. The maximum atomic E-state index is 6.25. The molecule has 1 aliphatic heterocycles. The van der Waals surface area contributed by atoms with Crippen molar-refractivity contribution in [1.82, 2.24) is 0 Å². The number of aliphatic imine (C=N–C) groups is 1. The van der Waals surface area contributed by atoms with Gasteiger partial charge in [-0.25, -0.2) is 4.99 Å². The molecule has 1 aliphatic rings. The van der Waals surface area contributed by atoms with E-state index in [1.807, 2.05) is 0 Å². The second kappa shape index (κ2) is 8.84. The van der Waals surface area contributed by atoms with Crippen molar-refractivity contribution in [2.45, 2.75) is 64.5 Å². The normalized spacial score (nSPS) is 20.0. The zero-order chi connectivity index (χ0) is 17.5. The molecule has 1 heterocycles. The van der Waals surface area contributed by atoms with Crippen LogP contribution in [-0.4, -0.2) is 18.0 Å². The average molecular weight is 335 g/mol. The summed E-state index contributed by atoms with van der Waals surface area (Å²) in [7, 11) is 0. The molecule has 2 heteroatoms. The lowest BCUT2D eigenvalue weighted by atomic mass is 9.97. The summed E-state index contributed by atoms with van der Waals surface area (Å²) >= 11 is 0. The van der Waals surface area contributed by atoms with E-state index in [-0.39, 0.29) is 0 Å². The van der Waals surface area contributed by atoms with Crippen LogP contribution in [0.25, 0.3) is 0 Å². The molecule has 0 spiro atoms. The van der Waals surface area contributed by atoms with E-state index in [1.165, 1.54) is 24.0 Å². The molecule has 0 aliphatic carbocycles. The first kappa shape index (κ1) is 17.7. The van der Waals surface area contributed by atoms with Gasteiger partial charge in [0, 0.05) is 12.0 Å². The first-order chi connectivity index (χ1) is 12.2. The molecule has 25 heavy (non-hydrogen) atoms. The fourth-order valence-corrected chi connectivity index (χ4v) is 3.37. The Morgan fingerprint density at radius 1 is 1.00 bits per heavy atom. The van der Waals surface area contributed by atoms with Gasteiger partial charge in [-0.05, 0) is 43.9 Å². The van der Waals surface area contributed by atoms with E-state index in [2.05, 4.69) is 68.4 Å². The van der Waals surface area contributed by atoms with Gasteiger partial charge in [0.25, 0.3) is 0 Å². The Bertz CT molecular complexity index is 675. The summed E-state index contributed by atoms with van der Waals surface area (Å²) in [6.45, 7) is 4.35. The minimum atomic E-state index is 0.300. The summed E-state index contributed by atoms with van der Waals surface area (Å²) in [5.74, 6) is 0.838. The van der Waals surface area contributed by atoms with Gasteiger partial charge in [0.05, 0.1) is 6.04 Å². The highest BCUT2D eigenvalue weighted by Crippen LogP contribution is 2.24. The molecule has 0 saturated carbocycles. The van der Waals surface area contributed by atoms with E-state index in [1.54, 1.807) is 0 Å². The monoisotopic (exact) mass is 335 g/mol. The maximum Gasteiger partial charge on any atom is 0.216 e. The molecular formula is C23H29NO. The number of hydrogen-bond donors (Lipinski definition) is 0. The Labute approximate surface area is 152 Å². The molecule has 0 unspecified atom stereocenters. The molecule has 132 valence electrons. The largest absolute Gasteiger partial charge is 0.474 e. The molecule has 2 aromatic carbocycles. The van der Waals surface area contributed by atoms with Crippen molar-refractivity contribution >= 4 is 5.90 Å². The van der Waals surface area contributed by atoms with Gasteiger partial charge in [-0.15, -0.1) is 0 Å². The second-order valence-corrected chi connectivity index (χ2v) is 7.10. The summed E-state index contributed by atoms with van der Waals surface area (Å²) in [5.41, 5.74) is 3.77. The zero-order valence-electron chi connectivity index (χ0n) is 15.4. The van der Waals surface area contributed by atoms with Crippen molar-refractivity contribution in [2.24, 2.45) is 4.99 Å². The molecule has 0 N–H and O–H groups in total. The quantitative estimate of drug-likeness (QED) is 0.634. The molecule has 2 atom stereocenters. The SMILES string of the molecule is CCCC[C@@H]1C[C@@H](CCc2ccccc2)N=C(c2ccc(C)cc2)O1. The highest BCUT2D eigenvalue weighted by Gasteiger charge is 2.25. The van der Waals surface area contributed by atoms with Gasteiger partial charge in [0.15, 0.2) is 0 Å². The molecule has 2 aromatic rings. The van der Waals surface area contributed by atoms with Gasteiger partial charge in [-0.2, -0.15) is 0 Å². The Balaban J connectivity index is 1.72. The van der Waals surface area contributed by atoms with Crippen LogP contribution in [0.2, 0.25) is 0 Å². The Morgan fingerprint density at radius 2 is 1.76 bits per heavy atom. The van der Waals surface area contributed by atoms with Gasteiger partial charge < -0.3 is 4.74 Å². The van der Waals surface area contributed by atoms with Gasteiger partial charge in [-0.1, -0.05) is 67.8 Å². The van der Waals surface area contributed by atoms with Crippen LogP contribution < -0.4 is 0 Å². The second-order valence-electron chi connectivity index (χ2n) is 7.10. The van der Waals surface area contributed by atoms with Crippen molar-refractivity contribution < 1.29 is 4.74 Å². The van der Waals surface area contributed by atoms with Crippen molar-refractivity contribution in [3.63, 3.8) is 0 Å². The smallest absolute Gasteiger partial charge is 0.216 e. The highest BCUT2D eigenvalue weighted by atomic mass is 16.5. The number of rotatable bonds is 7. The maximum absolute atomic E-state index is 6.25. The van der Waals surface area contributed by atoms with Crippen LogP contribution in [-0.2, 0) is 11.2 Å². The fourth-order valence-electron chi connectivity index (χ4n) is 3.37. The van der Waals surface area contributed by atoms with E-state index < -0.39 is 0 Å². The Morgan fingerprint density at radius 3 is 2.48 bits per heavy atom. The molecule has 2 nitrogen and oxygen atoms in total. The van der Waals surface area contributed by atoms with E-state index >= 15 is 0 Å². The number of aryl methyl sites for hydroxylation is 2. The fraction of sp³-hybridized carbons (Fsp3) is 0.435. The van der Waals surface area contributed by atoms with Crippen LogP contribution in [0.4, 0.5) is 0 Å². The van der Waals surface area contributed by atoms with E-state index in [4.69, 9.17) is 9.73 Å². The third-order valence-electron chi connectivity index (χ3n) is 4.90. The van der Waals surface area contributed by atoms with Gasteiger partial charge in [0.2, 0.25) is 5.90 Å². The van der Waals surface area contributed by atoms with E-state index in [9.17, 15) is 0 Å². The van der Waals surface area contributed by atoms with Crippen LogP contribution in [0, 0.1) is 6.92 Å². The summed E-state index contributed by atoms with van der Waals surface area (Å²) in [5, 5.41) is 0. The van der Waals surface area contributed by atoms with Crippen LogP contribution in [0.15, 0.2) is 59.6 Å². The predicted molar refractivity (Wildman–Crippen MR) is 105 cm³/mol. The molecule has 0 saturated heterocycles. The molecule has 3 rings (SSSR count). The molecule has 0 bridgehead atoms. The molecular weight excluding hydrogens is 306 g/mol. The molecule has 0 fully saturated rings. The molecule has 0 amide bonds. The molecule has 0 radical (unpaired) electrons. The zero-order valence-corrected chi connectivity index (χ0v) is 15.4. The van der Waals surface area contributed by atoms with Crippen LogP contribution in [0.1, 0.15) is 55.7 Å². The minimum Gasteiger partial charge on any atom is -0.474 e. The highest BCUT2D eigenvalue weighted by molar-refractivity contribution is 5.94. The van der Waals surface area contributed by atoms with Gasteiger partial charge >= 0.3 is 0 Å². The van der Waals surface area contributed by atoms with Crippen molar-refractivity contribution in [3.8, 4) is 0 Å². The number of benzene rings is 2. The summed E-state index contributed by atoms with van der Waals surface area (Å²) in [4.78, 5) is 4.95. The first-order valence-electron chi connectivity index (χ1n) is 9.60.